The van der Waals surface area contributed by atoms with Crippen molar-refractivity contribution >= 4 is 11.6 Å². The van der Waals surface area contributed by atoms with Crippen LogP contribution in [0.25, 0.3) is 0 Å². The number of rotatable bonds is 5. The Kier molecular flexibility index (Phi) is 4.40. The summed E-state index contributed by atoms with van der Waals surface area (Å²) < 4.78 is 18.5. The van der Waals surface area contributed by atoms with Crippen LogP contribution in [-0.4, -0.2) is 11.9 Å². The molecule has 2 rings (SSSR count). The van der Waals surface area contributed by atoms with Gasteiger partial charge in [-0.05, 0) is 43.7 Å². The van der Waals surface area contributed by atoms with Crippen LogP contribution in [0.5, 0.6) is 0 Å². The molecule has 0 saturated heterocycles. The minimum atomic E-state index is -0.583. The number of benzene rings is 1. The van der Waals surface area contributed by atoms with Gasteiger partial charge in [0.15, 0.2) is 0 Å². The molecule has 106 valence electrons. The van der Waals surface area contributed by atoms with E-state index in [9.17, 15) is 9.18 Å². The summed E-state index contributed by atoms with van der Waals surface area (Å²) in [6, 6.07) is 7.72. The van der Waals surface area contributed by atoms with Gasteiger partial charge >= 0.3 is 0 Å². The second-order valence-corrected chi connectivity index (χ2v) is 4.73. The lowest BCUT2D eigenvalue weighted by Crippen LogP contribution is -2.32. The first kappa shape index (κ1) is 14.1. The highest BCUT2D eigenvalue weighted by molar-refractivity contribution is 5.94. The van der Waals surface area contributed by atoms with Gasteiger partial charge in [0, 0.05) is 18.0 Å². The zero-order valence-electron chi connectivity index (χ0n) is 11.2. The number of nitrogens with two attached hydrogens (primary N) is 1. The average Bonchev–Trinajstić information content (AvgIpc) is 2.92. The zero-order chi connectivity index (χ0) is 14.5. The van der Waals surface area contributed by atoms with E-state index in [-0.39, 0.29) is 23.2 Å². The van der Waals surface area contributed by atoms with Gasteiger partial charge in [0.1, 0.15) is 11.6 Å². The molecule has 1 heterocycles. The first-order valence-corrected chi connectivity index (χ1v) is 6.44. The Balaban J connectivity index is 1.88. The number of carbonyl (C=O) groups excluding carboxylic acids is 1. The van der Waals surface area contributed by atoms with E-state index in [1.54, 1.807) is 6.26 Å². The van der Waals surface area contributed by atoms with Gasteiger partial charge < -0.3 is 15.5 Å². The van der Waals surface area contributed by atoms with Crippen molar-refractivity contribution in [1.29, 1.82) is 0 Å². The van der Waals surface area contributed by atoms with Crippen LogP contribution in [0.1, 0.15) is 29.5 Å². The van der Waals surface area contributed by atoms with Crippen LogP contribution >= 0.6 is 0 Å². The molecule has 0 aliphatic rings. The summed E-state index contributed by atoms with van der Waals surface area (Å²) >= 11 is 0. The van der Waals surface area contributed by atoms with Gasteiger partial charge in [0.05, 0.1) is 12.0 Å². The number of carbonyl (C=O) groups is 1. The number of anilines is 1. The van der Waals surface area contributed by atoms with Crippen molar-refractivity contribution in [2.45, 2.75) is 25.8 Å². The number of furan rings is 1. The Morgan fingerprint density at radius 3 is 2.90 bits per heavy atom. The van der Waals surface area contributed by atoms with E-state index in [0.29, 0.717) is 0 Å². The van der Waals surface area contributed by atoms with E-state index in [1.165, 1.54) is 12.1 Å². The molecule has 3 N–H and O–H groups in total. The molecule has 1 unspecified atom stereocenters. The Hall–Kier alpha value is -2.30. The Labute approximate surface area is 116 Å². The quantitative estimate of drug-likeness (QED) is 0.825. The standard InChI is InChI=1S/C15H17FN2O2/c1-10(4-6-12-3-2-8-20-12)18-15(19)11-5-7-14(17)13(16)9-11/h2-3,5,7-10H,4,6,17H2,1H3,(H,18,19). The fourth-order valence-corrected chi connectivity index (χ4v) is 1.86. The minimum Gasteiger partial charge on any atom is -0.469 e. The van der Waals surface area contributed by atoms with E-state index in [4.69, 9.17) is 10.2 Å². The maximum Gasteiger partial charge on any atom is 0.251 e. The van der Waals surface area contributed by atoms with Crippen molar-refractivity contribution in [3.8, 4) is 0 Å². The summed E-state index contributed by atoms with van der Waals surface area (Å²) in [5, 5.41) is 2.82. The lowest BCUT2D eigenvalue weighted by atomic mass is 10.1. The van der Waals surface area contributed by atoms with E-state index in [1.807, 2.05) is 19.1 Å². The first-order valence-electron chi connectivity index (χ1n) is 6.44. The fourth-order valence-electron chi connectivity index (χ4n) is 1.86. The van der Waals surface area contributed by atoms with Crippen LogP contribution < -0.4 is 11.1 Å². The number of hydrogen-bond acceptors (Lipinski definition) is 3. The number of hydrogen-bond donors (Lipinski definition) is 2. The lowest BCUT2D eigenvalue weighted by Gasteiger charge is -2.13. The summed E-state index contributed by atoms with van der Waals surface area (Å²) in [5.74, 6) is -0.0126. The van der Waals surface area contributed by atoms with Crippen LogP contribution in [0.3, 0.4) is 0 Å². The number of nitrogen functional groups attached to an aromatic ring is 1. The number of nitrogens with one attached hydrogen (secondary N) is 1. The van der Waals surface area contributed by atoms with E-state index in [0.717, 1.165) is 24.7 Å². The molecule has 20 heavy (non-hydrogen) atoms. The van der Waals surface area contributed by atoms with Crippen LogP contribution in [0, 0.1) is 5.82 Å². The monoisotopic (exact) mass is 276 g/mol. The minimum absolute atomic E-state index is 0.0341. The largest absolute Gasteiger partial charge is 0.469 e. The Morgan fingerprint density at radius 2 is 2.25 bits per heavy atom. The molecule has 0 spiro atoms. The number of halogens is 1. The van der Waals surface area contributed by atoms with Gasteiger partial charge in [-0.1, -0.05) is 0 Å². The van der Waals surface area contributed by atoms with Crippen molar-refractivity contribution in [3.05, 3.63) is 53.7 Å². The van der Waals surface area contributed by atoms with Crippen LogP contribution in [0.15, 0.2) is 41.0 Å². The maximum absolute atomic E-state index is 13.3. The maximum atomic E-state index is 13.3. The summed E-state index contributed by atoms with van der Waals surface area (Å²) in [6.07, 6.45) is 3.11. The summed E-state index contributed by atoms with van der Waals surface area (Å²) in [5.41, 5.74) is 5.67. The second kappa shape index (κ2) is 6.23. The third-order valence-corrected chi connectivity index (χ3v) is 3.04. The Bertz CT molecular complexity index is 582. The fraction of sp³-hybridized carbons (Fsp3) is 0.267. The molecule has 0 fully saturated rings. The molecule has 5 heteroatoms. The van der Waals surface area contributed by atoms with Crippen LogP contribution in [0.2, 0.25) is 0 Å². The number of aryl methyl sites for hydroxylation is 1. The Morgan fingerprint density at radius 1 is 1.45 bits per heavy atom. The predicted octanol–water partition coefficient (Wildman–Crippen LogP) is 2.75. The molecule has 1 aromatic heterocycles. The van der Waals surface area contributed by atoms with Gasteiger partial charge in [-0.15, -0.1) is 0 Å². The molecule has 1 amide bonds. The molecule has 0 aliphatic heterocycles. The normalized spacial score (nSPS) is 12.1. The highest BCUT2D eigenvalue weighted by Gasteiger charge is 2.12. The van der Waals surface area contributed by atoms with Crippen molar-refractivity contribution in [3.63, 3.8) is 0 Å². The van der Waals surface area contributed by atoms with Gasteiger partial charge in [0.25, 0.3) is 5.91 Å². The molecule has 1 aromatic carbocycles. The average molecular weight is 276 g/mol. The topological polar surface area (TPSA) is 68.3 Å². The summed E-state index contributed by atoms with van der Waals surface area (Å²) in [6.45, 7) is 1.90. The molecule has 1 atom stereocenters. The first-order chi connectivity index (χ1) is 9.56. The van der Waals surface area contributed by atoms with Crippen molar-refractivity contribution in [2.75, 3.05) is 5.73 Å². The molecule has 0 aliphatic carbocycles. The van der Waals surface area contributed by atoms with E-state index < -0.39 is 5.82 Å². The lowest BCUT2D eigenvalue weighted by molar-refractivity contribution is 0.0937. The summed E-state index contributed by atoms with van der Waals surface area (Å²) in [4.78, 5) is 11.9. The van der Waals surface area contributed by atoms with Crippen molar-refractivity contribution in [1.82, 2.24) is 5.32 Å². The van der Waals surface area contributed by atoms with Gasteiger partial charge in [-0.2, -0.15) is 0 Å². The van der Waals surface area contributed by atoms with Crippen LogP contribution in [-0.2, 0) is 6.42 Å². The molecule has 4 nitrogen and oxygen atoms in total. The third-order valence-electron chi connectivity index (χ3n) is 3.04. The van der Waals surface area contributed by atoms with E-state index >= 15 is 0 Å². The SMILES string of the molecule is CC(CCc1ccco1)NC(=O)c1ccc(N)c(F)c1. The smallest absolute Gasteiger partial charge is 0.251 e. The molecule has 0 radical (unpaired) electrons. The second-order valence-electron chi connectivity index (χ2n) is 4.73. The molecular weight excluding hydrogens is 259 g/mol. The molecular formula is C15H17FN2O2. The molecule has 0 saturated carbocycles. The highest BCUT2D eigenvalue weighted by Crippen LogP contribution is 2.12. The summed E-state index contributed by atoms with van der Waals surface area (Å²) in [7, 11) is 0. The molecule has 2 aromatic rings. The van der Waals surface area contributed by atoms with Gasteiger partial charge in [-0.25, -0.2) is 4.39 Å². The third kappa shape index (κ3) is 3.60. The number of amides is 1. The highest BCUT2D eigenvalue weighted by atomic mass is 19.1. The van der Waals surface area contributed by atoms with Gasteiger partial charge in [-0.3, -0.25) is 4.79 Å². The van der Waals surface area contributed by atoms with E-state index in [2.05, 4.69) is 5.32 Å². The van der Waals surface area contributed by atoms with Crippen molar-refractivity contribution < 1.29 is 13.6 Å². The van der Waals surface area contributed by atoms with Crippen molar-refractivity contribution in [2.24, 2.45) is 0 Å². The van der Waals surface area contributed by atoms with Crippen LogP contribution in [0.4, 0.5) is 10.1 Å². The van der Waals surface area contributed by atoms with Gasteiger partial charge in [0.2, 0.25) is 0 Å². The predicted molar refractivity (Wildman–Crippen MR) is 74.8 cm³/mol. The molecule has 0 bridgehead atoms. The zero-order valence-corrected chi connectivity index (χ0v) is 11.2.